The highest BCUT2D eigenvalue weighted by atomic mass is 19.1. The molecule has 0 aliphatic heterocycles. The van der Waals surface area contributed by atoms with Crippen LogP contribution in [0.5, 0.6) is 0 Å². The van der Waals surface area contributed by atoms with Crippen molar-refractivity contribution in [1.29, 1.82) is 0 Å². The molecule has 0 spiro atoms. The molecular formula is C13H20BFN2O6. The van der Waals surface area contributed by atoms with E-state index in [0.29, 0.717) is 13.0 Å². The summed E-state index contributed by atoms with van der Waals surface area (Å²) >= 11 is 0. The molecule has 0 heterocycles. The van der Waals surface area contributed by atoms with Crippen molar-refractivity contribution in [1.82, 2.24) is 0 Å². The van der Waals surface area contributed by atoms with Crippen LogP contribution in [0.15, 0.2) is 18.2 Å². The smallest absolute Gasteiger partial charge is 0.480 e. The molecule has 0 saturated carbocycles. The van der Waals surface area contributed by atoms with Crippen molar-refractivity contribution in [3.63, 3.8) is 0 Å². The molecule has 0 saturated heterocycles. The van der Waals surface area contributed by atoms with E-state index in [-0.39, 0.29) is 5.46 Å². The standard InChI is InChI=1S/C7H6BFO4.C6H14N2O2/c9-6-3-4(8(12)13)1-2-5(6)7(10)11;7-4-2-1-3-5(8)6(9)10/h1-3,12-13H,(H,10,11);5H,1-4,7-8H2,(H,9,10). The molecule has 1 aromatic carbocycles. The monoisotopic (exact) mass is 330 g/mol. The molecule has 1 unspecified atom stereocenters. The Balaban J connectivity index is 0.000000438. The van der Waals surface area contributed by atoms with Gasteiger partial charge in [-0.25, -0.2) is 9.18 Å². The molecule has 0 bridgehead atoms. The van der Waals surface area contributed by atoms with E-state index in [0.717, 1.165) is 31.0 Å². The highest BCUT2D eigenvalue weighted by Crippen LogP contribution is 2.04. The van der Waals surface area contributed by atoms with Gasteiger partial charge in [0, 0.05) is 0 Å². The summed E-state index contributed by atoms with van der Waals surface area (Å²) in [7, 11) is -1.79. The number of benzene rings is 1. The highest BCUT2D eigenvalue weighted by molar-refractivity contribution is 6.58. The predicted molar refractivity (Wildman–Crippen MR) is 81.7 cm³/mol. The largest absolute Gasteiger partial charge is 0.488 e. The second-order valence-electron chi connectivity index (χ2n) is 4.65. The fourth-order valence-electron chi connectivity index (χ4n) is 1.50. The lowest BCUT2D eigenvalue weighted by Gasteiger charge is -2.03. The van der Waals surface area contributed by atoms with E-state index in [4.69, 9.17) is 31.7 Å². The lowest BCUT2D eigenvalue weighted by molar-refractivity contribution is -0.138. The van der Waals surface area contributed by atoms with E-state index < -0.39 is 36.5 Å². The van der Waals surface area contributed by atoms with Crippen molar-refractivity contribution in [3.05, 3.63) is 29.6 Å². The number of nitrogens with two attached hydrogens (primary N) is 2. The molecule has 128 valence electrons. The lowest BCUT2D eigenvalue weighted by Crippen LogP contribution is -2.30. The maximum atomic E-state index is 12.9. The number of carboxylic acid groups (broad SMARTS) is 2. The minimum absolute atomic E-state index is 0.0810. The molecule has 8 nitrogen and oxygen atoms in total. The molecule has 0 fully saturated rings. The van der Waals surface area contributed by atoms with E-state index in [1.807, 2.05) is 0 Å². The summed E-state index contributed by atoms with van der Waals surface area (Å²) in [6, 6.07) is 2.17. The highest BCUT2D eigenvalue weighted by Gasteiger charge is 2.16. The third-order valence-electron chi connectivity index (χ3n) is 2.81. The zero-order chi connectivity index (χ0) is 18.0. The Hall–Kier alpha value is -2.01. The number of halogens is 1. The Labute approximate surface area is 132 Å². The molecule has 1 aromatic rings. The van der Waals surface area contributed by atoms with E-state index in [1.54, 1.807) is 0 Å². The summed E-state index contributed by atoms with van der Waals surface area (Å²) in [6.45, 7) is 0.604. The zero-order valence-corrected chi connectivity index (χ0v) is 12.4. The van der Waals surface area contributed by atoms with E-state index in [9.17, 15) is 14.0 Å². The first-order valence-corrected chi connectivity index (χ1v) is 6.78. The molecule has 1 atom stereocenters. The number of rotatable bonds is 7. The van der Waals surface area contributed by atoms with Gasteiger partial charge in [-0.3, -0.25) is 4.79 Å². The molecule has 0 aliphatic carbocycles. The van der Waals surface area contributed by atoms with Gasteiger partial charge >= 0.3 is 19.1 Å². The number of aromatic carboxylic acids is 1. The second-order valence-corrected chi connectivity index (χ2v) is 4.65. The van der Waals surface area contributed by atoms with Crippen LogP contribution in [0.3, 0.4) is 0 Å². The van der Waals surface area contributed by atoms with Crippen LogP contribution >= 0.6 is 0 Å². The molecule has 10 heteroatoms. The summed E-state index contributed by atoms with van der Waals surface area (Å²) in [6.07, 6.45) is 2.16. The van der Waals surface area contributed by atoms with Crippen LogP contribution < -0.4 is 16.9 Å². The first-order chi connectivity index (χ1) is 10.7. The van der Waals surface area contributed by atoms with Gasteiger partial charge in [-0.05, 0) is 37.0 Å². The van der Waals surface area contributed by atoms with Crippen molar-refractivity contribution >= 4 is 24.5 Å². The van der Waals surface area contributed by atoms with Crippen LogP contribution in [0.25, 0.3) is 0 Å². The minimum Gasteiger partial charge on any atom is -0.480 e. The predicted octanol–water partition coefficient (Wildman–Crippen LogP) is -1.27. The maximum absolute atomic E-state index is 12.9. The van der Waals surface area contributed by atoms with Crippen LogP contribution in [-0.4, -0.2) is 51.9 Å². The van der Waals surface area contributed by atoms with Crippen molar-refractivity contribution in [3.8, 4) is 0 Å². The summed E-state index contributed by atoms with van der Waals surface area (Å²) in [5.41, 5.74) is 9.84. The SMILES string of the molecule is NCCCCC(N)C(=O)O.O=C(O)c1ccc(B(O)O)cc1F. The summed E-state index contributed by atoms with van der Waals surface area (Å²) < 4.78 is 12.9. The molecule has 0 radical (unpaired) electrons. The summed E-state index contributed by atoms with van der Waals surface area (Å²) in [4.78, 5) is 20.5. The van der Waals surface area contributed by atoms with Crippen LogP contribution in [0.2, 0.25) is 0 Å². The number of hydrogen-bond donors (Lipinski definition) is 6. The maximum Gasteiger partial charge on any atom is 0.488 e. The molecule has 0 amide bonds. The summed E-state index contributed by atoms with van der Waals surface area (Å²) in [5, 5.41) is 34.0. The van der Waals surface area contributed by atoms with E-state index in [2.05, 4.69) is 0 Å². The van der Waals surface area contributed by atoms with Crippen molar-refractivity contribution < 1.29 is 34.2 Å². The number of hydrogen-bond acceptors (Lipinski definition) is 6. The van der Waals surface area contributed by atoms with Crippen LogP contribution in [-0.2, 0) is 4.79 Å². The molecule has 1 rings (SSSR count). The van der Waals surface area contributed by atoms with Gasteiger partial charge in [-0.1, -0.05) is 12.5 Å². The molecule has 0 aromatic heterocycles. The van der Waals surface area contributed by atoms with Gasteiger partial charge in [-0.2, -0.15) is 0 Å². The zero-order valence-electron chi connectivity index (χ0n) is 12.4. The average Bonchev–Trinajstić information content (AvgIpc) is 2.47. The van der Waals surface area contributed by atoms with Crippen molar-refractivity contribution in [2.75, 3.05) is 6.54 Å². The quantitative estimate of drug-likeness (QED) is 0.266. The molecular weight excluding hydrogens is 310 g/mol. The fourth-order valence-corrected chi connectivity index (χ4v) is 1.50. The third-order valence-corrected chi connectivity index (χ3v) is 2.81. The molecule has 23 heavy (non-hydrogen) atoms. The van der Waals surface area contributed by atoms with Gasteiger partial charge in [0.25, 0.3) is 0 Å². The van der Waals surface area contributed by atoms with Gasteiger partial charge < -0.3 is 31.7 Å². The Bertz CT molecular complexity index is 529. The van der Waals surface area contributed by atoms with Crippen LogP contribution in [0.4, 0.5) is 4.39 Å². The second kappa shape index (κ2) is 10.7. The first kappa shape index (κ1) is 21.0. The Kier molecular flexibility index (Phi) is 9.75. The number of unbranched alkanes of at least 4 members (excludes halogenated alkanes) is 1. The van der Waals surface area contributed by atoms with Gasteiger partial charge in [0.2, 0.25) is 0 Å². The molecule has 0 aliphatic rings. The lowest BCUT2D eigenvalue weighted by atomic mass is 9.80. The van der Waals surface area contributed by atoms with Crippen molar-refractivity contribution in [2.45, 2.75) is 25.3 Å². The van der Waals surface area contributed by atoms with E-state index in [1.165, 1.54) is 0 Å². The summed E-state index contributed by atoms with van der Waals surface area (Å²) in [5.74, 6) is -3.31. The Morgan fingerprint density at radius 1 is 1.22 bits per heavy atom. The van der Waals surface area contributed by atoms with Gasteiger partial charge in [0.1, 0.15) is 11.9 Å². The fraction of sp³-hybridized carbons (Fsp3) is 0.385. The minimum atomic E-state index is -1.79. The van der Waals surface area contributed by atoms with Crippen molar-refractivity contribution in [2.24, 2.45) is 11.5 Å². The van der Waals surface area contributed by atoms with Gasteiger partial charge in [0.05, 0.1) is 5.56 Å². The third kappa shape index (κ3) is 8.26. The number of carbonyl (C=O) groups is 2. The van der Waals surface area contributed by atoms with Crippen LogP contribution in [0, 0.1) is 5.82 Å². The van der Waals surface area contributed by atoms with E-state index >= 15 is 0 Å². The number of aliphatic carboxylic acids is 1. The Morgan fingerprint density at radius 2 is 1.83 bits per heavy atom. The average molecular weight is 330 g/mol. The van der Waals surface area contributed by atoms with Crippen LogP contribution in [0.1, 0.15) is 29.6 Å². The topological polar surface area (TPSA) is 167 Å². The van der Waals surface area contributed by atoms with Gasteiger partial charge in [0.15, 0.2) is 0 Å². The van der Waals surface area contributed by atoms with Gasteiger partial charge in [-0.15, -0.1) is 0 Å². The number of carboxylic acids is 2. The molecule has 8 N–H and O–H groups in total. The normalized spacial score (nSPS) is 11.2. The Morgan fingerprint density at radius 3 is 2.22 bits per heavy atom. The first-order valence-electron chi connectivity index (χ1n) is 6.78.